The van der Waals surface area contributed by atoms with Gasteiger partial charge in [-0.3, -0.25) is 4.18 Å². The summed E-state index contributed by atoms with van der Waals surface area (Å²) in [6, 6.07) is -1.10. The Labute approximate surface area is 97.7 Å². The number of hydrogen-bond donors (Lipinski definition) is 1. The molecule has 0 bridgehead atoms. The lowest BCUT2D eigenvalue weighted by Crippen LogP contribution is -2.37. The van der Waals surface area contributed by atoms with E-state index in [0.29, 0.717) is 0 Å². The van der Waals surface area contributed by atoms with Crippen molar-refractivity contribution in [3.05, 3.63) is 10.4 Å². The largest absolute Gasteiger partial charge is 0.465 e. The van der Waals surface area contributed by atoms with E-state index >= 15 is 0 Å². The topological polar surface area (TPSA) is 133 Å². The number of carboxylic acid groups (broad SMARTS) is 1. The van der Waals surface area contributed by atoms with Gasteiger partial charge in [-0.05, 0) is 12.0 Å². The fraction of sp³-hybridized carbons (Fsp3) is 0.857. The fourth-order valence-corrected chi connectivity index (χ4v) is 2.05. The predicted molar refractivity (Wildman–Crippen MR) is 56.9 cm³/mol. The fourth-order valence-electron chi connectivity index (χ4n) is 1.64. The summed E-state index contributed by atoms with van der Waals surface area (Å²) in [6.45, 7) is -0.209. The van der Waals surface area contributed by atoms with Crippen molar-refractivity contribution >= 4 is 16.2 Å². The minimum Gasteiger partial charge on any atom is -0.465 e. The zero-order valence-electron chi connectivity index (χ0n) is 9.05. The van der Waals surface area contributed by atoms with E-state index in [4.69, 9.17) is 10.6 Å². The van der Waals surface area contributed by atoms with Crippen LogP contribution in [0.4, 0.5) is 4.79 Å². The number of rotatable bonds is 4. The van der Waals surface area contributed by atoms with Crippen LogP contribution in [0.3, 0.4) is 0 Å². The zero-order valence-corrected chi connectivity index (χ0v) is 9.87. The van der Waals surface area contributed by atoms with Gasteiger partial charge in [-0.15, -0.1) is 0 Å². The van der Waals surface area contributed by atoms with Crippen LogP contribution in [-0.4, -0.2) is 56.0 Å². The number of nitrogens with zero attached hydrogens (tertiary/aromatic N) is 4. The summed E-state index contributed by atoms with van der Waals surface area (Å²) in [7, 11) is -3.61. The van der Waals surface area contributed by atoms with Crippen molar-refractivity contribution in [1.82, 2.24) is 4.90 Å². The molecule has 1 rings (SSSR count). The van der Waals surface area contributed by atoms with Crippen molar-refractivity contribution in [1.29, 1.82) is 0 Å². The number of hydrogen-bond acceptors (Lipinski definition) is 5. The van der Waals surface area contributed by atoms with Crippen LogP contribution in [0.5, 0.6) is 0 Å². The summed E-state index contributed by atoms with van der Waals surface area (Å²) >= 11 is 0. The summed E-state index contributed by atoms with van der Waals surface area (Å²) in [5, 5.41) is 12.3. The van der Waals surface area contributed by atoms with Gasteiger partial charge in [0.2, 0.25) is 0 Å². The molecule has 96 valence electrons. The van der Waals surface area contributed by atoms with E-state index in [-0.39, 0.29) is 19.6 Å². The molecule has 0 spiro atoms. The maximum absolute atomic E-state index is 10.9. The lowest BCUT2D eigenvalue weighted by atomic mass is 10.2. The van der Waals surface area contributed by atoms with Gasteiger partial charge in [0.15, 0.2) is 0 Å². The van der Waals surface area contributed by atoms with Gasteiger partial charge in [0.05, 0.1) is 24.9 Å². The molecule has 0 aromatic carbocycles. The van der Waals surface area contributed by atoms with Crippen molar-refractivity contribution in [2.75, 3.05) is 19.4 Å². The Morgan fingerprint density at radius 3 is 2.82 bits per heavy atom. The summed E-state index contributed by atoms with van der Waals surface area (Å²) in [4.78, 5) is 14.5. The van der Waals surface area contributed by atoms with E-state index in [1.54, 1.807) is 0 Å². The Hall–Kier alpha value is -1.51. The molecular formula is C7H12N4O5S. The van der Waals surface area contributed by atoms with Crippen LogP contribution in [0.1, 0.15) is 6.42 Å². The first-order chi connectivity index (χ1) is 7.83. The Kier molecular flexibility index (Phi) is 4.16. The second-order valence-corrected chi connectivity index (χ2v) is 5.32. The van der Waals surface area contributed by atoms with Crippen LogP contribution in [0.2, 0.25) is 0 Å². The Balaban J connectivity index is 2.68. The van der Waals surface area contributed by atoms with Crippen LogP contribution in [-0.2, 0) is 14.3 Å². The van der Waals surface area contributed by atoms with Crippen molar-refractivity contribution in [3.8, 4) is 0 Å². The van der Waals surface area contributed by atoms with Crippen molar-refractivity contribution in [2.45, 2.75) is 18.5 Å². The van der Waals surface area contributed by atoms with Gasteiger partial charge in [0, 0.05) is 11.5 Å². The normalized spacial score (nSPS) is 24.4. The van der Waals surface area contributed by atoms with Gasteiger partial charge < -0.3 is 10.0 Å². The van der Waals surface area contributed by atoms with Crippen LogP contribution in [0, 0.1) is 0 Å². The highest BCUT2D eigenvalue weighted by molar-refractivity contribution is 7.85. The van der Waals surface area contributed by atoms with E-state index in [2.05, 4.69) is 14.2 Å². The lowest BCUT2D eigenvalue weighted by molar-refractivity contribution is 0.124. The molecule has 1 aliphatic heterocycles. The molecule has 1 amide bonds. The predicted octanol–water partition coefficient (Wildman–Crippen LogP) is 0.394. The van der Waals surface area contributed by atoms with E-state index in [0.717, 1.165) is 11.2 Å². The van der Waals surface area contributed by atoms with Crippen LogP contribution < -0.4 is 0 Å². The maximum Gasteiger partial charge on any atom is 0.407 e. The van der Waals surface area contributed by atoms with Crippen LogP contribution in [0.15, 0.2) is 5.11 Å². The second kappa shape index (κ2) is 5.21. The van der Waals surface area contributed by atoms with Crippen molar-refractivity contribution in [2.24, 2.45) is 5.11 Å². The first-order valence-electron chi connectivity index (χ1n) is 4.71. The van der Waals surface area contributed by atoms with Gasteiger partial charge in [-0.1, -0.05) is 5.11 Å². The molecule has 0 unspecified atom stereocenters. The Bertz CT molecular complexity index is 443. The lowest BCUT2D eigenvalue weighted by Gasteiger charge is -2.20. The van der Waals surface area contributed by atoms with Crippen molar-refractivity contribution < 1.29 is 22.5 Å². The molecular weight excluding hydrogens is 252 g/mol. The summed E-state index contributed by atoms with van der Waals surface area (Å²) in [5.74, 6) is 0. The molecule has 1 fully saturated rings. The molecule has 10 heteroatoms. The summed E-state index contributed by atoms with van der Waals surface area (Å²) in [5.41, 5.74) is 8.26. The Morgan fingerprint density at radius 1 is 1.71 bits per heavy atom. The molecule has 0 radical (unpaired) electrons. The van der Waals surface area contributed by atoms with E-state index in [9.17, 15) is 13.2 Å². The monoisotopic (exact) mass is 264 g/mol. The molecule has 1 aliphatic rings. The number of azide groups is 1. The molecule has 17 heavy (non-hydrogen) atoms. The highest BCUT2D eigenvalue weighted by atomic mass is 32.2. The average Bonchev–Trinajstić information content (AvgIpc) is 2.58. The number of amides is 1. The third-order valence-electron chi connectivity index (χ3n) is 2.33. The molecule has 9 nitrogen and oxygen atoms in total. The van der Waals surface area contributed by atoms with E-state index in [1.165, 1.54) is 0 Å². The average molecular weight is 264 g/mol. The smallest absolute Gasteiger partial charge is 0.407 e. The van der Waals surface area contributed by atoms with Crippen LogP contribution >= 0.6 is 0 Å². The molecule has 0 aromatic heterocycles. The van der Waals surface area contributed by atoms with Gasteiger partial charge in [0.1, 0.15) is 0 Å². The van der Waals surface area contributed by atoms with Gasteiger partial charge in [-0.2, -0.15) is 8.42 Å². The van der Waals surface area contributed by atoms with Crippen LogP contribution in [0.25, 0.3) is 10.4 Å². The molecule has 0 saturated carbocycles. The van der Waals surface area contributed by atoms with Crippen molar-refractivity contribution in [3.63, 3.8) is 0 Å². The standard InChI is InChI=1S/C7H12N4O5S/c1-17(14,15)16-4-6-2-5(9-10-8)3-11(6)7(12)13/h5-6H,2-4H2,1H3,(H,12,13)/t5-,6+/m1/s1. The third kappa shape index (κ3) is 4.10. The molecule has 1 N–H and O–H groups in total. The number of likely N-dealkylation sites (tertiary alicyclic amines) is 1. The minimum atomic E-state index is -3.61. The quantitative estimate of drug-likeness (QED) is 0.339. The Morgan fingerprint density at radius 2 is 2.35 bits per heavy atom. The zero-order chi connectivity index (χ0) is 13.1. The molecule has 1 saturated heterocycles. The molecule has 1 heterocycles. The maximum atomic E-state index is 10.9. The summed E-state index contributed by atoms with van der Waals surface area (Å²) in [6.07, 6.45) is -0.0492. The molecule has 0 aliphatic carbocycles. The number of carbonyl (C=O) groups is 1. The van der Waals surface area contributed by atoms with E-state index < -0.39 is 28.3 Å². The summed E-state index contributed by atoms with van der Waals surface area (Å²) < 4.78 is 26.2. The highest BCUT2D eigenvalue weighted by Gasteiger charge is 2.35. The highest BCUT2D eigenvalue weighted by Crippen LogP contribution is 2.21. The first-order valence-corrected chi connectivity index (χ1v) is 6.53. The minimum absolute atomic E-state index is 0.0528. The third-order valence-corrected chi connectivity index (χ3v) is 2.89. The first kappa shape index (κ1) is 13.6. The van der Waals surface area contributed by atoms with Gasteiger partial charge in [-0.25, -0.2) is 4.79 Å². The second-order valence-electron chi connectivity index (χ2n) is 3.67. The molecule has 2 atom stereocenters. The SMILES string of the molecule is CS(=O)(=O)OC[C@@H]1C[C@@H](N=[N+]=[N-])CN1C(=O)O. The van der Waals surface area contributed by atoms with Gasteiger partial charge >= 0.3 is 6.09 Å². The molecule has 0 aromatic rings. The van der Waals surface area contributed by atoms with E-state index in [1.807, 2.05) is 0 Å². The van der Waals surface area contributed by atoms with Gasteiger partial charge in [0.25, 0.3) is 10.1 Å².